The van der Waals surface area contributed by atoms with Crippen molar-refractivity contribution in [2.24, 2.45) is 7.05 Å². The number of nitrogens with zero attached hydrogens (tertiary/aromatic N) is 2. The highest BCUT2D eigenvalue weighted by atomic mass is 15.0. The Hall–Kier alpha value is -1.61. The Morgan fingerprint density at radius 2 is 2.11 bits per heavy atom. The number of aromatic nitrogens is 2. The van der Waals surface area contributed by atoms with Crippen molar-refractivity contribution in [2.75, 3.05) is 7.05 Å². The molecule has 1 aromatic carbocycles. The standard InChI is InChI=1S/C16H23N3/c1-12-5-6-13(2)14(11-12)15(17-3)7-8-16-18-9-10-19(16)4/h5-6,9-11,15,17H,7-8H2,1-4H3. The molecule has 0 bridgehead atoms. The van der Waals surface area contributed by atoms with Gasteiger partial charge in [-0.25, -0.2) is 4.98 Å². The summed E-state index contributed by atoms with van der Waals surface area (Å²) < 4.78 is 2.09. The number of rotatable bonds is 5. The Bertz CT molecular complexity index is 543. The monoisotopic (exact) mass is 257 g/mol. The lowest BCUT2D eigenvalue weighted by Gasteiger charge is -2.19. The number of aryl methyl sites for hydroxylation is 4. The summed E-state index contributed by atoms with van der Waals surface area (Å²) in [5, 5.41) is 3.43. The first-order valence-electron chi connectivity index (χ1n) is 6.82. The van der Waals surface area contributed by atoms with Gasteiger partial charge in [0.05, 0.1) is 0 Å². The third-order valence-corrected chi connectivity index (χ3v) is 3.74. The SMILES string of the molecule is CNC(CCc1nccn1C)c1cc(C)ccc1C. The molecule has 1 heterocycles. The molecule has 0 aliphatic carbocycles. The summed E-state index contributed by atoms with van der Waals surface area (Å²) in [7, 11) is 4.08. The first kappa shape index (κ1) is 13.8. The van der Waals surface area contributed by atoms with Crippen molar-refractivity contribution in [1.29, 1.82) is 0 Å². The Morgan fingerprint density at radius 3 is 2.74 bits per heavy atom. The van der Waals surface area contributed by atoms with Gasteiger partial charge < -0.3 is 9.88 Å². The quantitative estimate of drug-likeness (QED) is 0.892. The summed E-state index contributed by atoms with van der Waals surface area (Å²) in [4.78, 5) is 4.39. The molecule has 2 aromatic rings. The molecule has 1 atom stereocenters. The highest BCUT2D eigenvalue weighted by molar-refractivity contribution is 5.33. The second-order valence-corrected chi connectivity index (χ2v) is 5.19. The van der Waals surface area contributed by atoms with E-state index in [0.717, 1.165) is 18.7 Å². The highest BCUT2D eigenvalue weighted by Crippen LogP contribution is 2.23. The summed E-state index contributed by atoms with van der Waals surface area (Å²) in [5.74, 6) is 1.14. The molecule has 2 rings (SSSR count). The average Bonchev–Trinajstić information content (AvgIpc) is 2.80. The van der Waals surface area contributed by atoms with E-state index in [0.29, 0.717) is 6.04 Å². The van der Waals surface area contributed by atoms with Crippen molar-refractivity contribution >= 4 is 0 Å². The van der Waals surface area contributed by atoms with Gasteiger partial charge in [-0.3, -0.25) is 0 Å². The molecule has 1 unspecified atom stereocenters. The van der Waals surface area contributed by atoms with Crippen LogP contribution in [-0.2, 0) is 13.5 Å². The fraction of sp³-hybridized carbons (Fsp3) is 0.438. The van der Waals surface area contributed by atoms with Gasteiger partial charge in [0.25, 0.3) is 0 Å². The maximum atomic E-state index is 4.39. The van der Waals surface area contributed by atoms with Crippen LogP contribution in [-0.4, -0.2) is 16.6 Å². The van der Waals surface area contributed by atoms with Crippen molar-refractivity contribution in [1.82, 2.24) is 14.9 Å². The average molecular weight is 257 g/mol. The van der Waals surface area contributed by atoms with Gasteiger partial charge in [0, 0.05) is 31.9 Å². The Balaban J connectivity index is 2.12. The molecule has 0 radical (unpaired) electrons. The van der Waals surface area contributed by atoms with Gasteiger partial charge in [-0.1, -0.05) is 23.8 Å². The fourth-order valence-electron chi connectivity index (χ4n) is 2.50. The van der Waals surface area contributed by atoms with E-state index in [9.17, 15) is 0 Å². The number of hydrogen-bond donors (Lipinski definition) is 1. The van der Waals surface area contributed by atoms with Crippen LogP contribution in [0.25, 0.3) is 0 Å². The first-order valence-corrected chi connectivity index (χ1v) is 6.82. The third kappa shape index (κ3) is 3.24. The molecule has 0 saturated heterocycles. The van der Waals surface area contributed by atoms with Crippen LogP contribution >= 0.6 is 0 Å². The highest BCUT2D eigenvalue weighted by Gasteiger charge is 2.13. The minimum absolute atomic E-state index is 0.386. The molecule has 19 heavy (non-hydrogen) atoms. The maximum Gasteiger partial charge on any atom is 0.108 e. The molecular formula is C16H23N3. The number of nitrogens with one attached hydrogen (secondary N) is 1. The first-order chi connectivity index (χ1) is 9.11. The second-order valence-electron chi connectivity index (χ2n) is 5.19. The van der Waals surface area contributed by atoms with Gasteiger partial charge in [0.15, 0.2) is 0 Å². The Morgan fingerprint density at radius 1 is 1.32 bits per heavy atom. The van der Waals surface area contributed by atoms with Crippen molar-refractivity contribution in [2.45, 2.75) is 32.7 Å². The van der Waals surface area contributed by atoms with Crippen LogP contribution in [0.2, 0.25) is 0 Å². The van der Waals surface area contributed by atoms with Gasteiger partial charge >= 0.3 is 0 Å². The molecule has 0 saturated carbocycles. The van der Waals surface area contributed by atoms with Gasteiger partial charge in [-0.15, -0.1) is 0 Å². The minimum atomic E-state index is 0.386. The van der Waals surface area contributed by atoms with E-state index in [4.69, 9.17) is 0 Å². The van der Waals surface area contributed by atoms with Crippen LogP contribution in [0.5, 0.6) is 0 Å². The fourth-order valence-corrected chi connectivity index (χ4v) is 2.50. The van der Waals surface area contributed by atoms with Crippen molar-refractivity contribution in [3.05, 3.63) is 53.1 Å². The maximum absolute atomic E-state index is 4.39. The number of imidazole rings is 1. The zero-order valence-electron chi connectivity index (χ0n) is 12.3. The molecule has 1 aromatic heterocycles. The minimum Gasteiger partial charge on any atom is -0.338 e. The van der Waals surface area contributed by atoms with Crippen LogP contribution in [0.15, 0.2) is 30.6 Å². The molecule has 0 fully saturated rings. The van der Waals surface area contributed by atoms with E-state index < -0.39 is 0 Å². The molecule has 102 valence electrons. The van der Waals surface area contributed by atoms with Gasteiger partial charge in [0.1, 0.15) is 5.82 Å². The topological polar surface area (TPSA) is 29.9 Å². The summed E-state index contributed by atoms with van der Waals surface area (Å²) in [5.41, 5.74) is 4.07. The van der Waals surface area contributed by atoms with E-state index >= 15 is 0 Å². The van der Waals surface area contributed by atoms with Crippen molar-refractivity contribution in [3.8, 4) is 0 Å². The summed E-state index contributed by atoms with van der Waals surface area (Å²) in [6.45, 7) is 4.33. The van der Waals surface area contributed by atoms with E-state index in [2.05, 4.69) is 54.0 Å². The summed E-state index contributed by atoms with van der Waals surface area (Å²) in [6, 6.07) is 7.05. The summed E-state index contributed by atoms with van der Waals surface area (Å²) >= 11 is 0. The predicted octanol–water partition coefficient (Wildman–Crippen LogP) is 2.93. The van der Waals surface area contributed by atoms with Crippen molar-refractivity contribution in [3.63, 3.8) is 0 Å². The van der Waals surface area contributed by atoms with Crippen LogP contribution < -0.4 is 5.32 Å². The lowest BCUT2D eigenvalue weighted by atomic mass is 9.95. The van der Waals surface area contributed by atoms with Gasteiger partial charge in [-0.05, 0) is 38.4 Å². The van der Waals surface area contributed by atoms with Gasteiger partial charge in [0.2, 0.25) is 0 Å². The molecule has 1 N–H and O–H groups in total. The molecule has 0 spiro atoms. The molecule has 3 nitrogen and oxygen atoms in total. The second kappa shape index (κ2) is 6.02. The normalized spacial score (nSPS) is 12.6. The zero-order valence-corrected chi connectivity index (χ0v) is 12.3. The Labute approximate surface area is 115 Å². The van der Waals surface area contributed by atoms with E-state index in [1.165, 1.54) is 16.7 Å². The molecule has 0 aliphatic rings. The van der Waals surface area contributed by atoms with E-state index in [1.807, 2.05) is 19.4 Å². The molecule has 0 aliphatic heterocycles. The largest absolute Gasteiger partial charge is 0.338 e. The number of benzene rings is 1. The van der Waals surface area contributed by atoms with Crippen LogP contribution in [0.4, 0.5) is 0 Å². The Kier molecular flexibility index (Phi) is 4.38. The smallest absolute Gasteiger partial charge is 0.108 e. The van der Waals surface area contributed by atoms with Gasteiger partial charge in [-0.2, -0.15) is 0 Å². The molecule has 3 heteroatoms. The van der Waals surface area contributed by atoms with Crippen LogP contribution in [0, 0.1) is 13.8 Å². The van der Waals surface area contributed by atoms with E-state index in [-0.39, 0.29) is 0 Å². The van der Waals surface area contributed by atoms with Crippen molar-refractivity contribution < 1.29 is 0 Å². The van der Waals surface area contributed by atoms with Crippen LogP contribution in [0.3, 0.4) is 0 Å². The zero-order chi connectivity index (χ0) is 13.8. The molecular weight excluding hydrogens is 234 g/mol. The predicted molar refractivity (Wildman–Crippen MR) is 79.2 cm³/mol. The molecule has 0 amide bonds. The summed E-state index contributed by atoms with van der Waals surface area (Å²) in [6.07, 6.45) is 5.91. The number of hydrogen-bond acceptors (Lipinski definition) is 2. The van der Waals surface area contributed by atoms with E-state index in [1.54, 1.807) is 0 Å². The lowest BCUT2D eigenvalue weighted by Crippen LogP contribution is -2.19. The lowest BCUT2D eigenvalue weighted by molar-refractivity contribution is 0.533. The third-order valence-electron chi connectivity index (χ3n) is 3.74. The van der Waals surface area contributed by atoms with Crippen LogP contribution in [0.1, 0.15) is 35.0 Å².